The third-order valence-electron chi connectivity index (χ3n) is 4.48. The minimum Gasteiger partial charge on any atom is -0.494 e. The second-order valence-corrected chi connectivity index (χ2v) is 6.02. The fraction of sp³-hybridized carbons (Fsp3) is 0.444. The average molecular weight is 348 g/mol. The van der Waals surface area contributed by atoms with Crippen LogP contribution >= 0.6 is 0 Å². The number of hydrogen-bond donors (Lipinski definition) is 0. The number of nitrogens with zero attached hydrogens (tertiary/aromatic N) is 2. The second-order valence-electron chi connectivity index (χ2n) is 6.02. The monoisotopic (exact) mass is 348 g/mol. The molecule has 7 heteroatoms. The molecule has 134 valence electrons. The molecule has 0 aliphatic carbocycles. The number of esters is 1. The third kappa shape index (κ3) is 3.51. The smallest absolute Gasteiger partial charge is 0.323 e. The third-order valence-corrected chi connectivity index (χ3v) is 4.48. The summed E-state index contributed by atoms with van der Waals surface area (Å²) in [4.78, 5) is 18.4. The number of halogens is 1. The van der Waals surface area contributed by atoms with E-state index in [-0.39, 0.29) is 17.8 Å². The average Bonchev–Trinajstić information content (AvgIpc) is 3.22. The van der Waals surface area contributed by atoms with Gasteiger partial charge in [0.2, 0.25) is 5.89 Å². The zero-order chi connectivity index (χ0) is 18.0. The molecular formula is C18H21FN2O4. The topological polar surface area (TPSA) is 64.8 Å². The molecule has 1 saturated heterocycles. The number of rotatable bonds is 5. The Hall–Kier alpha value is -2.41. The summed E-state index contributed by atoms with van der Waals surface area (Å²) in [6.07, 6.45) is 1.73. The van der Waals surface area contributed by atoms with Gasteiger partial charge < -0.3 is 13.9 Å². The Kier molecular flexibility index (Phi) is 5.03. The van der Waals surface area contributed by atoms with E-state index in [1.165, 1.54) is 20.3 Å². The number of carbonyl (C=O) groups is 1. The van der Waals surface area contributed by atoms with Gasteiger partial charge in [0, 0.05) is 12.1 Å². The van der Waals surface area contributed by atoms with Crippen molar-refractivity contribution in [3.05, 3.63) is 35.5 Å². The van der Waals surface area contributed by atoms with Gasteiger partial charge in [0.25, 0.3) is 0 Å². The number of ether oxygens (including phenoxy) is 2. The molecule has 1 aromatic carbocycles. The Labute approximate surface area is 145 Å². The number of likely N-dealkylation sites (tertiary alicyclic amines) is 1. The van der Waals surface area contributed by atoms with E-state index >= 15 is 0 Å². The lowest BCUT2D eigenvalue weighted by molar-refractivity contribution is -0.146. The summed E-state index contributed by atoms with van der Waals surface area (Å²) in [6, 6.07) is 4.23. The van der Waals surface area contributed by atoms with Crippen molar-refractivity contribution in [2.24, 2.45) is 0 Å². The molecule has 0 radical (unpaired) electrons. The quantitative estimate of drug-likeness (QED) is 0.774. The fourth-order valence-electron chi connectivity index (χ4n) is 3.10. The van der Waals surface area contributed by atoms with E-state index in [0.717, 1.165) is 25.1 Å². The van der Waals surface area contributed by atoms with Crippen LogP contribution in [0.2, 0.25) is 0 Å². The molecule has 0 spiro atoms. The Morgan fingerprint density at radius 2 is 2.24 bits per heavy atom. The van der Waals surface area contributed by atoms with Crippen LogP contribution in [0.25, 0.3) is 11.5 Å². The number of oxazole rings is 1. The number of methoxy groups -OCH3 is 2. The maximum Gasteiger partial charge on any atom is 0.323 e. The van der Waals surface area contributed by atoms with Gasteiger partial charge in [0.1, 0.15) is 11.8 Å². The van der Waals surface area contributed by atoms with Gasteiger partial charge in [-0.2, -0.15) is 0 Å². The summed E-state index contributed by atoms with van der Waals surface area (Å²) in [5, 5.41) is 0. The molecule has 0 saturated carbocycles. The lowest BCUT2D eigenvalue weighted by Gasteiger charge is -2.21. The van der Waals surface area contributed by atoms with Gasteiger partial charge in [0.05, 0.1) is 19.9 Å². The maximum absolute atomic E-state index is 13.6. The maximum atomic E-state index is 13.6. The van der Waals surface area contributed by atoms with Gasteiger partial charge >= 0.3 is 5.97 Å². The van der Waals surface area contributed by atoms with Crippen LogP contribution in [0.1, 0.15) is 24.3 Å². The van der Waals surface area contributed by atoms with Gasteiger partial charge in [-0.05, 0) is 44.5 Å². The van der Waals surface area contributed by atoms with Gasteiger partial charge in [-0.25, -0.2) is 9.37 Å². The number of benzene rings is 1. The molecule has 2 heterocycles. The predicted molar refractivity (Wildman–Crippen MR) is 88.6 cm³/mol. The molecule has 0 bridgehead atoms. The van der Waals surface area contributed by atoms with Crippen molar-refractivity contribution in [1.82, 2.24) is 9.88 Å². The van der Waals surface area contributed by atoms with E-state index in [9.17, 15) is 9.18 Å². The molecule has 0 unspecified atom stereocenters. The van der Waals surface area contributed by atoms with E-state index in [4.69, 9.17) is 13.9 Å². The molecule has 3 rings (SSSR count). The van der Waals surface area contributed by atoms with Crippen molar-refractivity contribution in [2.75, 3.05) is 20.8 Å². The van der Waals surface area contributed by atoms with Crippen LogP contribution in [0.5, 0.6) is 5.75 Å². The highest BCUT2D eigenvalue weighted by atomic mass is 19.1. The van der Waals surface area contributed by atoms with Crippen LogP contribution in [0, 0.1) is 12.7 Å². The van der Waals surface area contributed by atoms with Crippen molar-refractivity contribution < 1.29 is 23.1 Å². The lowest BCUT2D eigenvalue weighted by Crippen LogP contribution is -2.36. The SMILES string of the molecule is COC(=O)[C@@H]1CCCN1Cc1nc(-c2ccc(F)c(OC)c2)oc1C. The van der Waals surface area contributed by atoms with Crippen molar-refractivity contribution in [1.29, 1.82) is 0 Å². The highest BCUT2D eigenvalue weighted by Gasteiger charge is 2.32. The van der Waals surface area contributed by atoms with Crippen LogP contribution in [0.3, 0.4) is 0 Å². The summed E-state index contributed by atoms with van der Waals surface area (Å²) in [6.45, 7) is 3.15. The number of aryl methyl sites for hydroxylation is 1. The number of aromatic nitrogens is 1. The standard InChI is InChI=1S/C18H21FN2O4/c1-11-14(10-21-8-4-5-15(21)18(22)24-3)20-17(25-11)12-6-7-13(19)16(9-12)23-2/h6-7,9,15H,4-5,8,10H2,1-3H3/t15-/m0/s1. The Balaban J connectivity index is 1.82. The largest absolute Gasteiger partial charge is 0.494 e. The van der Waals surface area contributed by atoms with Crippen molar-refractivity contribution >= 4 is 5.97 Å². The van der Waals surface area contributed by atoms with Gasteiger partial charge in [0.15, 0.2) is 11.6 Å². The van der Waals surface area contributed by atoms with Gasteiger partial charge in [-0.3, -0.25) is 9.69 Å². The van der Waals surface area contributed by atoms with E-state index in [1.54, 1.807) is 12.1 Å². The zero-order valence-electron chi connectivity index (χ0n) is 14.5. The molecule has 6 nitrogen and oxygen atoms in total. The summed E-state index contributed by atoms with van der Waals surface area (Å²) in [5.41, 5.74) is 1.40. The van der Waals surface area contributed by atoms with E-state index in [1.807, 2.05) is 11.8 Å². The van der Waals surface area contributed by atoms with Crippen LogP contribution in [-0.2, 0) is 16.1 Å². The van der Waals surface area contributed by atoms with Crippen LogP contribution in [0.4, 0.5) is 4.39 Å². The first-order chi connectivity index (χ1) is 12.0. The summed E-state index contributed by atoms with van der Waals surface area (Å²) in [7, 11) is 2.81. The molecule has 1 aromatic heterocycles. The van der Waals surface area contributed by atoms with Crippen LogP contribution in [0.15, 0.2) is 22.6 Å². The summed E-state index contributed by atoms with van der Waals surface area (Å²) < 4.78 is 29.2. The predicted octanol–water partition coefficient (Wildman–Crippen LogP) is 2.94. The van der Waals surface area contributed by atoms with E-state index < -0.39 is 5.82 Å². The van der Waals surface area contributed by atoms with Crippen molar-refractivity contribution in [3.63, 3.8) is 0 Å². The van der Waals surface area contributed by atoms with Crippen molar-refractivity contribution in [3.8, 4) is 17.2 Å². The highest BCUT2D eigenvalue weighted by Crippen LogP contribution is 2.29. The molecule has 1 fully saturated rings. The molecule has 2 aromatic rings. The normalized spacial score (nSPS) is 17.7. The fourth-order valence-corrected chi connectivity index (χ4v) is 3.10. The molecule has 25 heavy (non-hydrogen) atoms. The molecule has 1 aliphatic rings. The van der Waals surface area contributed by atoms with Gasteiger partial charge in [-0.1, -0.05) is 0 Å². The summed E-state index contributed by atoms with van der Waals surface area (Å²) in [5.74, 6) is 0.559. The number of hydrogen-bond acceptors (Lipinski definition) is 6. The molecule has 1 aliphatic heterocycles. The van der Waals surface area contributed by atoms with Crippen LogP contribution in [-0.4, -0.2) is 42.7 Å². The first-order valence-corrected chi connectivity index (χ1v) is 8.15. The molecule has 1 atom stereocenters. The highest BCUT2D eigenvalue weighted by molar-refractivity contribution is 5.76. The van der Waals surface area contributed by atoms with Crippen molar-refractivity contribution in [2.45, 2.75) is 32.4 Å². The molecule has 0 amide bonds. The Bertz CT molecular complexity index is 774. The zero-order valence-corrected chi connectivity index (χ0v) is 14.5. The van der Waals surface area contributed by atoms with E-state index in [2.05, 4.69) is 4.98 Å². The van der Waals surface area contributed by atoms with Gasteiger partial charge in [-0.15, -0.1) is 0 Å². The molecular weight excluding hydrogens is 327 g/mol. The molecule has 0 N–H and O–H groups in total. The lowest BCUT2D eigenvalue weighted by atomic mass is 10.2. The Morgan fingerprint density at radius 3 is 2.96 bits per heavy atom. The minimum atomic E-state index is -0.437. The summed E-state index contributed by atoms with van der Waals surface area (Å²) >= 11 is 0. The number of carbonyl (C=O) groups excluding carboxylic acids is 1. The first-order valence-electron chi connectivity index (χ1n) is 8.15. The second kappa shape index (κ2) is 7.23. The first kappa shape index (κ1) is 17.4. The van der Waals surface area contributed by atoms with Crippen LogP contribution < -0.4 is 4.74 Å². The van der Waals surface area contributed by atoms with E-state index in [0.29, 0.717) is 23.8 Å². The Morgan fingerprint density at radius 1 is 1.44 bits per heavy atom. The minimum absolute atomic E-state index is 0.139.